The third-order valence-corrected chi connectivity index (χ3v) is 2.87. The van der Waals surface area contributed by atoms with Gasteiger partial charge in [-0.1, -0.05) is 26.8 Å². The van der Waals surface area contributed by atoms with Crippen molar-refractivity contribution >= 4 is 11.8 Å². The molecule has 1 aliphatic rings. The van der Waals surface area contributed by atoms with Gasteiger partial charge >= 0.3 is 0 Å². The average molecular weight is 224 g/mol. The van der Waals surface area contributed by atoms with Crippen molar-refractivity contribution in [3.8, 4) is 0 Å². The van der Waals surface area contributed by atoms with Gasteiger partial charge in [0.15, 0.2) is 0 Å². The predicted octanol–water partition coefficient (Wildman–Crippen LogP) is 1.58. The van der Waals surface area contributed by atoms with Gasteiger partial charge in [0.25, 0.3) is 5.91 Å². The lowest BCUT2D eigenvalue weighted by Gasteiger charge is -2.30. The van der Waals surface area contributed by atoms with E-state index in [2.05, 4.69) is 13.8 Å². The van der Waals surface area contributed by atoms with Crippen molar-refractivity contribution in [1.82, 2.24) is 10.0 Å². The number of amides is 2. The molecule has 0 aromatic carbocycles. The van der Waals surface area contributed by atoms with Crippen LogP contribution < -0.4 is 0 Å². The van der Waals surface area contributed by atoms with E-state index in [9.17, 15) is 9.59 Å². The first kappa shape index (κ1) is 12.9. The van der Waals surface area contributed by atoms with E-state index in [0.717, 1.165) is 0 Å². The van der Waals surface area contributed by atoms with Crippen LogP contribution in [0.2, 0.25) is 0 Å². The third kappa shape index (κ3) is 2.32. The number of carbonyl (C=O) groups is 2. The Balaban J connectivity index is 2.92. The Kier molecular flexibility index (Phi) is 4.24. The molecule has 0 aliphatic carbocycles. The molecule has 16 heavy (non-hydrogen) atoms. The number of hydrogen-bond acceptors (Lipinski definition) is 3. The molecule has 1 atom stereocenters. The number of rotatable bonds is 3. The summed E-state index contributed by atoms with van der Waals surface area (Å²) in [6.07, 6.45) is 3.53. The van der Waals surface area contributed by atoms with Crippen LogP contribution in [-0.2, 0) is 9.59 Å². The highest BCUT2D eigenvalue weighted by Crippen LogP contribution is 2.25. The second kappa shape index (κ2) is 5.25. The molecule has 90 valence electrons. The maximum absolute atomic E-state index is 11.8. The lowest BCUT2D eigenvalue weighted by atomic mass is 10.0. The van der Waals surface area contributed by atoms with Crippen molar-refractivity contribution < 1.29 is 9.59 Å². The minimum absolute atomic E-state index is 0.0938. The zero-order chi connectivity index (χ0) is 12.3. The summed E-state index contributed by atoms with van der Waals surface area (Å²) in [5.74, 6) is 0.0356. The van der Waals surface area contributed by atoms with Gasteiger partial charge in [-0.25, -0.2) is 10.0 Å². The zero-order valence-electron chi connectivity index (χ0n) is 10.4. The molecule has 2 amide bonds. The number of allylic oxidation sites excluding steroid dienone is 1. The van der Waals surface area contributed by atoms with Crippen molar-refractivity contribution in [2.75, 3.05) is 6.54 Å². The molecule has 1 rings (SSSR count). The number of hydrazine groups is 1. The van der Waals surface area contributed by atoms with Crippen LogP contribution in [-0.4, -0.2) is 34.4 Å². The van der Waals surface area contributed by atoms with E-state index in [4.69, 9.17) is 0 Å². The molecule has 0 bridgehead atoms. The highest BCUT2D eigenvalue weighted by Gasteiger charge is 2.40. The van der Waals surface area contributed by atoms with E-state index in [1.54, 1.807) is 13.0 Å². The van der Waals surface area contributed by atoms with E-state index < -0.39 is 0 Å². The number of carbonyl (C=O) groups excluding carboxylic acids is 2. The topological polar surface area (TPSA) is 40.6 Å². The lowest BCUT2D eigenvalue weighted by Crippen LogP contribution is -2.46. The van der Waals surface area contributed by atoms with E-state index in [-0.39, 0.29) is 17.9 Å². The number of hydrogen-bond donors (Lipinski definition) is 0. The highest BCUT2D eigenvalue weighted by molar-refractivity contribution is 6.01. The van der Waals surface area contributed by atoms with Crippen molar-refractivity contribution in [2.24, 2.45) is 5.92 Å². The fourth-order valence-corrected chi connectivity index (χ4v) is 2.08. The van der Waals surface area contributed by atoms with Crippen LogP contribution in [0.3, 0.4) is 0 Å². The molecule has 1 heterocycles. The molecule has 0 radical (unpaired) electrons. The molecular formula is C12H20N2O2. The maximum Gasteiger partial charge on any atom is 0.267 e. The maximum atomic E-state index is 11.8. The monoisotopic (exact) mass is 224 g/mol. The second-order valence-electron chi connectivity index (χ2n) is 4.31. The SMILES string of the molecule is C/C=C/C(=O)N1C(=O)C[C@@H](C(C)C)N1CC. The average Bonchev–Trinajstić information content (AvgIpc) is 2.55. The van der Waals surface area contributed by atoms with E-state index in [1.807, 2.05) is 11.9 Å². The highest BCUT2D eigenvalue weighted by atomic mass is 16.2. The Hall–Kier alpha value is -1.16. The Morgan fingerprint density at radius 3 is 2.62 bits per heavy atom. The second-order valence-corrected chi connectivity index (χ2v) is 4.31. The summed E-state index contributed by atoms with van der Waals surface area (Å²) in [4.78, 5) is 23.6. The largest absolute Gasteiger partial charge is 0.273 e. The normalized spacial score (nSPS) is 22.7. The van der Waals surface area contributed by atoms with E-state index in [1.165, 1.54) is 11.1 Å². The Morgan fingerprint density at radius 1 is 1.56 bits per heavy atom. The van der Waals surface area contributed by atoms with Crippen LogP contribution in [0.1, 0.15) is 34.1 Å². The summed E-state index contributed by atoms with van der Waals surface area (Å²) in [6.45, 7) is 8.56. The molecule has 0 unspecified atom stereocenters. The standard InChI is InChI=1S/C12H20N2O2/c1-5-7-11(15)14-12(16)8-10(9(3)4)13(14)6-2/h5,7,9-10H,6,8H2,1-4H3/b7-5+/t10-/m0/s1. The summed E-state index contributed by atoms with van der Waals surface area (Å²) in [7, 11) is 0. The molecule has 4 heteroatoms. The Morgan fingerprint density at radius 2 is 2.19 bits per heavy atom. The fraction of sp³-hybridized carbons (Fsp3) is 0.667. The summed E-state index contributed by atoms with van der Waals surface area (Å²) in [5, 5.41) is 3.15. The molecule has 0 spiro atoms. The van der Waals surface area contributed by atoms with Gasteiger partial charge in [0, 0.05) is 25.1 Å². The molecule has 0 aromatic heterocycles. The Bertz CT molecular complexity index is 310. The van der Waals surface area contributed by atoms with Crippen LogP contribution in [0.4, 0.5) is 0 Å². The quantitative estimate of drug-likeness (QED) is 0.683. The summed E-state index contributed by atoms with van der Waals surface area (Å²) in [6, 6.07) is 0.145. The molecule has 4 nitrogen and oxygen atoms in total. The van der Waals surface area contributed by atoms with Crippen LogP contribution in [0.25, 0.3) is 0 Å². The van der Waals surface area contributed by atoms with Gasteiger partial charge in [-0.05, 0) is 12.8 Å². The molecule has 0 N–H and O–H groups in total. The first-order valence-electron chi connectivity index (χ1n) is 5.79. The first-order chi connectivity index (χ1) is 7.52. The molecule has 0 aromatic rings. The minimum Gasteiger partial charge on any atom is -0.273 e. The molecule has 1 saturated heterocycles. The molecule has 0 saturated carbocycles. The van der Waals surface area contributed by atoms with Crippen LogP contribution in [0, 0.1) is 5.92 Å². The minimum atomic E-state index is -0.238. The number of nitrogens with zero attached hydrogens (tertiary/aromatic N) is 2. The zero-order valence-corrected chi connectivity index (χ0v) is 10.4. The van der Waals surface area contributed by atoms with Gasteiger partial charge in [0.05, 0.1) is 0 Å². The van der Waals surface area contributed by atoms with Crippen molar-refractivity contribution in [2.45, 2.75) is 40.2 Å². The van der Waals surface area contributed by atoms with Gasteiger partial charge < -0.3 is 0 Å². The Labute approximate surface area is 96.9 Å². The van der Waals surface area contributed by atoms with Gasteiger partial charge in [-0.2, -0.15) is 0 Å². The molecule has 1 aliphatic heterocycles. The summed E-state index contributed by atoms with van der Waals surface area (Å²) >= 11 is 0. The lowest BCUT2D eigenvalue weighted by molar-refractivity contribution is -0.154. The molecular weight excluding hydrogens is 204 g/mol. The van der Waals surface area contributed by atoms with Gasteiger partial charge in [0.2, 0.25) is 5.91 Å². The van der Waals surface area contributed by atoms with Crippen molar-refractivity contribution in [1.29, 1.82) is 0 Å². The van der Waals surface area contributed by atoms with Crippen LogP contribution in [0.15, 0.2) is 12.2 Å². The summed E-state index contributed by atoms with van der Waals surface area (Å²) < 4.78 is 0. The van der Waals surface area contributed by atoms with Gasteiger partial charge in [-0.15, -0.1) is 0 Å². The van der Waals surface area contributed by atoms with Crippen molar-refractivity contribution in [3.05, 3.63) is 12.2 Å². The summed E-state index contributed by atoms with van der Waals surface area (Å²) in [5.41, 5.74) is 0. The van der Waals surface area contributed by atoms with Crippen molar-refractivity contribution in [3.63, 3.8) is 0 Å². The van der Waals surface area contributed by atoms with E-state index in [0.29, 0.717) is 18.9 Å². The predicted molar refractivity (Wildman–Crippen MR) is 62.3 cm³/mol. The van der Waals surface area contributed by atoms with Crippen LogP contribution >= 0.6 is 0 Å². The van der Waals surface area contributed by atoms with Gasteiger partial charge in [0.1, 0.15) is 0 Å². The smallest absolute Gasteiger partial charge is 0.267 e. The number of imide groups is 1. The fourth-order valence-electron chi connectivity index (χ4n) is 2.08. The van der Waals surface area contributed by atoms with E-state index >= 15 is 0 Å². The first-order valence-corrected chi connectivity index (χ1v) is 5.79. The van der Waals surface area contributed by atoms with Crippen LogP contribution in [0.5, 0.6) is 0 Å². The van der Waals surface area contributed by atoms with Gasteiger partial charge in [-0.3, -0.25) is 9.59 Å². The molecule has 1 fully saturated rings. The third-order valence-electron chi connectivity index (χ3n) is 2.87.